The molecular formula is C19H28IN5O. The molecule has 0 atom stereocenters. The summed E-state index contributed by atoms with van der Waals surface area (Å²) in [6, 6.07) is 10.6. The van der Waals surface area contributed by atoms with Crippen LogP contribution in [0.5, 0.6) is 0 Å². The Morgan fingerprint density at radius 2 is 2.08 bits per heavy atom. The summed E-state index contributed by atoms with van der Waals surface area (Å²) in [5.41, 5.74) is 2.18. The van der Waals surface area contributed by atoms with E-state index in [1.165, 1.54) is 0 Å². The van der Waals surface area contributed by atoms with Crippen LogP contribution in [-0.4, -0.2) is 39.5 Å². The Hall–Kier alpha value is -1.61. The highest BCUT2D eigenvalue weighted by molar-refractivity contribution is 14.0. The van der Waals surface area contributed by atoms with Crippen LogP contribution in [0.1, 0.15) is 38.2 Å². The number of aliphatic hydroxyl groups is 1. The van der Waals surface area contributed by atoms with Crippen LogP contribution in [0.2, 0.25) is 0 Å². The van der Waals surface area contributed by atoms with E-state index < -0.39 is 0 Å². The van der Waals surface area contributed by atoms with Crippen LogP contribution in [0.4, 0.5) is 0 Å². The predicted octanol–water partition coefficient (Wildman–Crippen LogP) is 2.85. The molecule has 0 radical (unpaired) electrons. The standard InChI is InChI=1S/C19H27N5O.HI/c1-2-20-19(23-16-7-9-18(25)10-8-16)21-14-15-5-3-6-17(13-15)24-12-4-11-22-24;/h3-6,11-13,16,18,25H,2,7-10,14H2,1H3,(H2,20,21,23);1H. The van der Waals surface area contributed by atoms with E-state index in [0.717, 1.165) is 49.4 Å². The Balaban J connectivity index is 0.00000243. The molecule has 7 heteroatoms. The molecule has 3 N–H and O–H groups in total. The molecule has 3 rings (SSSR count). The summed E-state index contributed by atoms with van der Waals surface area (Å²) in [6.45, 7) is 3.51. The summed E-state index contributed by atoms with van der Waals surface area (Å²) in [4.78, 5) is 4.72. The van der Waals surface area contributed by atoms with E-state index in [4.69, 9.17) is 4.99 Å². The second kappa shape index (κ2) is 10.5. The lowest BCUT2D eigenvalue weighted by molar-refractivity contribution is 0.120. The molecule has 1 aliphatic rings. The van der Waals surface area contributed by atoms with Crippen LogP contribution in [0.25, 0.3) is 5.69 Å². The van der Waals surface area contributed by atoms with E-state index in [1.807, 2.05) is 29.1 Å². The van der Waals surface area contributed by atoms with Crippen molar-refractivity contribution >= 4 is 29.9 Å². The van der Waals surface area contributed by atoms with Crippen LogP contribution in [0.15, 0.2) is 47.7 Å². The minimum atomic E-state index is -0.136. The first kappa shape index (κ1) is 20.7. The number of nitrogens with one attached hydrogen (secondary N) is 2. The molecule has 6 nitrogen and oxygen atoms in total. The molecule has 0 saturated heterocycles. The molecule has 1 aliphatic carbocycles. The number of rotatable bonds is 5. The lowest BCUT2D eigenvalue weighted by Gasteiger charge is -2.27. The fourth-order valence-electron chi connectivity index (χ4n) is 3.12. The summed E-state index contributed by atoms with van der Waals surface area (Å²) < 4.78 is 1.85. The van der Waals surface area contributed by atoms with Crippen LogP contribution >= 0.6 is 24.0 Å². The van der Waals surface area contributed by atoms with Gasteiger partial charge in [0.25, 0.3) is 0 Å². The van der Waals surface area contributed by atoms with Gasteiger partial charge in [-0.05, 0) is 56.4 Å². The Morgan fingerprint density at radius 1 is 1.27 bits per heavy atom. The number of hydrogen-bond donors (Lipinski definition) is 3. The highest BCUT2D eigenvalue weighted by Crippen LogP contribution is 2.18. The summed E-state index contributed by atoms with van der Waals surface area (Å²) >= 11 is 0. The summed E-state index contributed by atoms with van der Waals surface area (Å²) in [6.07, 6.45) is 7.28. The zero-order valence-electron chi connectivity index (χ0n) is 15.1. The number of guanidine groups is 1. The van der Waals surface area contributed by atoms with Gasteiger partial charge in [-0.15, -0.1) is 24.0 Å². The molecule has 1 fully saturated rings. The maximum Gasteiger partial charge on any atom is 0.191 e. The van der Waals surface area contributed by atoms with Gasteiger partial charge >= 0.3 is 0 Å². The summed E-state index contributed by atoms with van der Waals surface area (Å²) in [5, 5.41) is 20.7. The number of hydrogen-bond acceptors (Lipinski definition) is 3. The lowest BCUT2D eigenvalue weighted by Crippen LogP contribution is -2.45. The van der Waals surface area contributed by atoms with Gasteiger partial charge in [0, 0.05) is 25.0 Å². The topological polar surface area (TPSA) is 74.5 Å². The van der Waals surface area contributed by atoms with Crippen molar-refractivity contribution in [2.45, 2.75) is 51.3 Å². The van der Waals surface area contributed by atoms with Crippen LogP contribution in [-0.2, 0) is 6.54 Å². The highest BCUT2D eigenvalue weighted by atomic mass is 127. The largest absolute Gasteiger partial charge is 0.393 e. The van der Waals surface area contributed by atoms with Crippen LogP contribution in [0, 0.1) is 0 Å². The first-order valence-corrected chi connectivity index (χ1v) is 9.06. The van der Waals surface area contributed by atoms with E-state index in [1.54, 1.807) is 6.20 Å². The SMILES string of the molecule is CCNC(=NCc1cccc(-n2cccn2)c1)NC1CCC(O)CC1.I. The summed E-state index contributed by atoms with van der Waals surface area (Å²) in [7, 11) is 0. The Morgan fingerprint density at radius 3 is 2.77 bits per heavy atom. The molecule has 1 saturated carbocycles. The van der Waals surface area contributed by atoms with Gasteiger partial charge in [-0.25, -0.2) is 9.67 Å². The number of halogens is 1. The molecule has 2 aromatic rings. The fraction of sp³-hybridized carbons (Fsp3) is 0.474. The van der Waals surface area contributed by atoms with Crippen molar-refractivity contribution in [2.24, 2.45) is 4.99 Å². The van der Waals surface area contributed by atoms with E-state index in [-0.39, 0.29) is 30.1 Å². The molecule has 26 heavy (non-hydrogen) atoms. The van der Waals surface area contributed by atoms with Crippen LogP contribution < -0.4 is 10.6 Å². The number of aliphatic hydroxyl groups excluding tert-OH is 1. The number of aliphatic imine (C=N–C) groups is 1. The molecule has 0 amide bonds. The average molecular weight is 469 g/mol. The third-order valence-corrected chi connectivity index (χ3v) is 4.48. The molecule has 0 unspecified atom stereocenters. The number of nitrogens with zero attached hydrogens (tertiary/aromatic N) is 3. The smallest absolute Gasteiger partial charge is 0.191 e. The highest BCUT2D eigenvalue weighted by Gasteiger charge is 2.19. The van der Waals surface area contributed by atoms with E-state index >= 15 is 0 Å². The molecule has 0 bridgehead atoms. The summed E-state index contributed by atoms with van der Waals surface area (Å²) in [5.74, 6) is 0.841. The monoisotopic (exact) mass is 469 g/mol. The van der Waals surface area contributed by atoms with Gasteiger partial charge in [-0.1, -0.05) is 12.1 Å². The Labute approximate surface area is 172 Å². The van der Waals surface area contributed by atoms with Crippen molar-refractivity contribution in [3.05, 3.63) is 48.3 Å². The van der Waals surface area contributed by atoms with Crippen molar-refractivity contribution in [2.75, 3.05) is 6.54 Å². The average Bonchev–Trinajstić information content (AvgIpc) is 3.17. The molecule has 1 aromatic heterocycles. The molecule has 1 aromatic carbocycles. The quantitative estimate of drug-likeness (QED) is 0.358. The van der Waals surface area contributed by atoms with Gasteiger partial charge in [0.05, 0.1) is 18.3 Å². The Kier molecular flexibility index (Phi) is 8.37. The predicted molar refractivity (Wildman–Crippen MR) is 115 cm³/mol. The maximum atomic E-state index is 9.64. The zero-order chi connectivity index (χ0) is 17.5. The minimum absolute atomic E-state index is 0. The molecule has 0 aliphatic heterocycles. The van der Waals surface area contributed by atoms with Gasteiger partial charge in [0.15, 0.2) is 5.96 Å². The third kappa shape index (κ3) is 5.98. The first-order valence-electron chi connectivity index (χ1n) is 9.06. The molecule has 1 heterocycles. The van der Waals surface area contributed by atoms with Gasteiger partial charge in [0.1, 0.15) is 0 Å². The molecule has 0 spiro atoms. The fourth-order valence-corrected chi connectivity index (χ4v) is 3.12. The zero-order valence-corrected chi connectivity index (χ0v) is 17.5. The second-order valence-corrected chi connectivity index (χ2v) is 6.47. The van der Waals surface area contributed by atoms with Crippen LogP contribution in [0.3, 0.4) is 0 Å². The first-order chi connectivity index (χ1) is 12.2. The van der Waals surface area contributed by atoms with Crippen molar-refractivity contribution < 1.29 is 5.11 Å². The third-order valence-electron chi connectivity index (χ3n) is 4.48. The van der Waals surface area contributed by atoms with E-state index in [9.17, 15) is 5.11 Å². The van der Waals surface area contributed by atoms with E-state index in [2.05, 4.69) is 34.8 Å². The maximum absolute atomic E-state index is 9.64. The van der Waals surface area contributed by atoms with Gasteiger partial charge in [0.2, 0.25) is 0 Å². The minimum Gasteiger partial charge on any atom is -0.393 e. The van der Waals surface area contributed by atoms with Gasteiger partial charge < -0.3 is 15.7 Å². The van der Waals surface area contributed by atoms with Gasteiger partial charge in [-0.2, -0.15) is 5.10 Å². The van der Waals surface area contributed by atoms with Gasteiger partial charge in [-0.3, -0.25) is 0 Å². The normalized spacial score (nSPS) is 20.3. The van der Waals surface area contributed by atoms with Crippen molar-refractivity contribution in [1.29, 1.82) is 0 Å². The van der Waals surface area contributed by atoms with Crippen molar-refractivity contribution in [3.8, 4) is 5.69 Å². The molecule has 142 valence electrons. The number of benzene rings is 1. The van der Waals surface area contributed by atoms with E-state index in [0.29, 0.717) is 12.6 Å². The van der Waals surface area contributed by atoms with Crippen molar-refractivity contribution in [3.63, 3.8) is 0 Å². The van der Waals surface area contributed by atoms with Crippen molar-refractivity contribution in [1.82, 2.24) is 20.4 Å². The molecular weight excluding hydrogens is 441 g/mol. The second-order valence-electron chi connectivity index (χ2n) is 6.47. The Bertz CT molecular complexity index is 681. The number of aromatic nitrogens is 2. The lowest BCUT2D eigenvalue weighted by atomic mass is 9.93.